The van der Waals surface area contributed by atoms with E-state index in [0.717, 1.165) is 5.56 Å². The molecule has 0 aliphatic carbocycles. The molecule has 0 spiro atoms. The minimum Gasteiger partial charge on any atom is -0.459 e. The first kappa shape index (κ1) is 10.6. The molecule has 2 aromatic rings. The fraction of sp³-hybridized carbons (Fsp3) is 0.100. The molecule has 0 saturated heterocycles. The molecular weight excluding hydrogens is 230 g/mol. The van der Waals surface area contributed by atoms with E-state index in [0.29, 0.717) is 0 Å². The van der Waals surface area contributed by atoms with E-state index in [-0.39, 0.29) is 16.9 Å². The molecule has 1 amide bonds. The van der Waals surface area contributed by atoms with Gasteiger partial charge in [-0.05, 0) is 19.1 Å². The van der Waals surface area contributed by atoms with Gasteiger partial charge in [-0.25, -0.2) is 9.97 Å². The number of amides is 1. The Hall–Kier alpha value is -1.88. The van der Waals surface area contributed by atoms with Gasteiger partial charge in [0.15, 0.2) is 5.76 Å². The zero-order valence-corrected chi connectivity index (χ0v) is 9.15. The van der Waals surface area contributed by atoms with Crippen molar-refractivity contribution in [2.45, 2.75) is 6.92 Å². The SMILES string of the molecule is Cc1ccoc1C(=O)Nc1nccc(Cl)n1. The Bertz CT molecular complexity index is 524. The van der Waals surface area contributed by atoms with Crippen LogP contribution in [0.25, 0.3) is 0 Å². The van der Waals surface area contributed by atoms with Gasteiger partial charge in [0.1, 0.15) is 5.15 Å². The predicted molar refractivity (Wildman–Crippen MR) is 58.4 cm³/mol. The Morgan fingerprint density at radius 3 is 2.94 bits per heavy atom. The average Bonchev–Trinajstić information content (AvgIpc) is 2.64. The number of hydrogen-bond donors (Lipinski definition) is 1. The fourth-order valence-electron chi connectivity index (χ4n) is 1.16. The van der Waals surface area contributed by atoms with Crippen LogP contribution in [-0.2, 0) is 0 Å². The van der Waals surface area contributed by atoms with Crippen LogP contribution in [0.4, 0.5) is 5.95 Å². The summed E-state index contributed by atoms with van der Waals surface area (Å²) in [4.78, 5) is 19.4. The van der Waals surface area contributed by atoms with Gasteiger partial charge in [0.05, 0.1) is 6.26 Å². The molecule has 6 heteroatoms. The maximum atomic E-state index is 11.7. The standard InChI is InChI=1S/C10H8ClN3O2/c1-6-3-5-16-8(6)9(15)14-10-12-4-2-7(11)13-10/h2-5H,1H3,(H,12,13,14,15). The van der Waals surface area contributed by atoms with Crippen molar-refractivity contribution in [1.82, 2.24) is 9.97 Å². The van der Waals surface area contributed by atoms with E-state index in [1.807, 2.05) is 0 Å². The molecule has 2 rings (SSSR count). The van der Waals surface area contributed by atoms with E-state index < -0.39 is 5.91 Å². The molecule has 0 atom stereocenters. The lowest BCUT2D eigenvalue weighted by Gasteiger charge is -2.01. The Morgan fingerprint density at radius 1 is 1.50 bits per heavy atom. The predicted octanol–water partition coefficient (Wildman–Crippen LogP) is 2.28. The molecule has 0 fully saturated rings. The van der Waals surface area contributed by atoms with Crippen LogP contribution in [-0.4, -0.2) is 15.9 Å². The van der Waals surface area contributed by atoms with Crippen LogP contribution in [0.5, 0.6) is 0 Å². The van der Waals surface area contributed by atoms with E-state index in [2.05, 4.69) is 15.3 Å². The summed E-state index contributed by atoms with van der Waals surface area (Å²) in [5.41, 5.74) is 0.750. The number of aryl methyl sites for hydroxylation is 1. The highest BCUT2D eigenvalue weighted by Gasteiger charge is 2.13. The van der Waals surface area contributed by atoms with Crippen LogP contribution in [0.2, 0.25) is 5.15 Å². The lowest BCUT2D eigenvalue weighted by atomic mass is 10.3. The lowest BCUT2D eigenvalue weighted by Crippen LogP contribution is -2.14. The third-order valence-electron chi connectivity index (χ3n) is 1.92. The lowest BCUT2D eigenvalue weighted by molar-refractivity contribution is 0.0995. The van der Waals surface area contributed by atoms with Gasteiger partial charge in [0, 0.05) is 11.8 Å². The zero-order valence-electron chi connectivity index (χ0n) is 8.40. The van der Waals surface area contributed by atoms with Crippen LogP contribution >= 0.6 is 11.6 Å². The molecule has 0 bridgehead atoms. The van der Waals surface area contributed by atoms with Gasteiger partial charge in [-0.15, -0.1) is 0 Å². The number of halogens is 1. The summed E-state index contributed by atoms with van der Waals surface area (Å²) in [6.07, 6.45) is 2.91. The maximum Gasteiger partial charge on any atom is 0.293 e. The highest BCUT2D eigenvalue weighted by molar-refractivity contribution is 6.29. The first-order valence-electron chi connectivity index (χ1n) is 4.51. The molecule has 2 aromatic heterocycles. The number of hydrogen-bond acceptors (Lipinski definition) is 4. The van der Waals surface area contributed by atoms with Crippen molar-refractivity contribution in [1.29, 1.82) is 0 Å². The number of anilines is 1. The summed E-state index contributed by atoms with van der Waals surface area (Å²) in [7, 11) is 0. The van der Waals surface area contributed by atoms with E-state index >= 15 is 0 Å². The van der Waals surface area contributed by atoms with E-state index in [1.165, 1.54) is 18.5 Å². The monoisotopic (exact) mass is 237 g/mol. The van der Waals surface area contributed by atoms with Gasteiger partial charge < -0.3 is 4.42 Å². The average molecular weight is 238 g/mol. The van der Waals surface area contributed by atoms with E-state index in [1.54, 1.807) is 13.0 Å². The van der Waals surface area contributed by atoms with Crippen LogP contribution < -0.4 is 5.32 Å². The van der Waals surface area contributed by atoms with Crippen molar-refractivity contribution in [2.75, 3.05) is 5.32 Å². The maximum absolute atomic E-state index is 11.7. The van der Waals surface area contributed by atoms with Gasteiger partial charge in [-0.1, -0.05) is 11.6 Å². The first-order chi connectivity index (χ1) is 7.66. The molecule has 0 unspecified atom stereocenters. The van der Waals surface area contributed by atoms with Crippen molar-refractivity contribution < 1.29 is 9.21 Å². The highest BCUT2D eigenvalue weighted by atomic mass is 35.5. The summed E-state index contributed by atoms with van der Waals surface area (Å²) in [5, 5.41) is 2.75. The molecule has 2 heterocycles. The zero-order chi connectivity index (χ0) is 11.5. The Labute approximate surface area is 96.5 Å². The number of furan rings is 1. The third-order valence-corrected chi connectivity index (χ3v) is 2.13. The van der Waals surface area contributed by atoms with E-state index in [4.69, 9.17) is 16.0 Å². The van der Waals surface area contributed by atoms with Crippen molar-refractivity contribution in [2.24, 2.45) is 0 Å². The Morgan fingerprint density at radius 2 is 2.31 bits per heavy atom. The summed E-state index contributed by atoms with van der Waals surface area (Å²) < 4.78 is 5.03. The number of carbonyl (C=O) groups excluding carboxylic acids is 1. The Kier molecular flexibility index (Phi) is 2.87. The quantitative estimate of drug-likeness (QED) is 0.814. The van der Waals surface area contributed by atoms with Crippen molar-refractivity contribution in [3.05, 3.63) is 41.1 Å². The van der Waals surface area contributed by atoms with Crippen molar-refractivity contribution in [3.63, 3.8) is 0 Å². The van der Waals surface area contributed by atoms with Gasteiger partial charge >= 0.3 is 0 Å². The summed E-state index contributed by atoms with van der Waals surface area (Å²) in [6.45, 7) is 1.78. The number of nitrogens with one attached hydrogen (secondary N) is 1. The topological polar surface area (TPSA) is 68.0 Å². The molecule has 0 aliphatic heterocycles. The van der Waals surface area contributed by atoms with Crippen LogP contribution in [0.3, 0.4) is 0 Å². The van der Waals surface area contributed by atoms with Crippen LogP contribution in [0, 0.1) is 6.92 Å². The van der Waals surface area contributed by atoms with Gasteiger partial charge in [-0.3, -0.25) is 10.1 Å². The molecular formula is C10H8ClN3O2. The number of nitrogens with zero attached hydrogens (tertiary/aromatic N) is 2. The van der Waals surface area contributed by atoms with E-state index in [9.17, 15) is 4.79 Å². The fourth-order valence-corrected chi connectivity index (χ4v) is 1.30. The smallest absolute Gasteiger partial charge is 0.293 e. The molecule has 0 saturated carbocycles. The molecule has 0 aliphatic rings. The Balaban J connectivity index is 2.17. The largest absolute Gasteiger partial charge is 0.459 e. The third kappa shape index (κ3) is 2.20. The van der Waals surface area contributed by atoms with Crippen LogP contribution in [0.1, 0.15) is 16.1 Å². The first-order valence-corrected chi connectivity index (χ1v) is 4.88. The molecule has 0 radical (unpaired) electrons. The number of rotatable bonds is 2. The highest BCUT2D eigenvalue weighted by Crippen LogP contribution is 2.11. The second-order valence-corrected chi connectivity index (χ2v) is 3.48. The molecule has 16 heavy (non-hydrogen) atoms. The van der Waals surface area contributed by atoms with Gasteiger partial charge in [0.2, 0.25) is 5.95 Å². The minimum atomic E-state index is -0.398. The summed E-state index contributed by atoms with van der Waals surface area (Å²) in [5.74, 6) is -0.0124. The molecule has 1 N–H and O–H groups in total. The number of aromatic nitrogens is 2. The van der Waals surface area contributed by atoms with Crippen molar-refractivity contribution >= 4 is 23.5 Å². The second-order valence-electron chi connectivity index (χ2n) is 3.09. The minimum absolute atomic E-state index is 0.147. The van der Waals surface area contributed by atoms with Gasteiger partial charge in [0.25, 0.3) is 5.91 Å². The van der Waals surface area contributed by atoms with Crippen molar-refractivity contribution in [3.8, 4) is 0 Å². The molecule has 0 aromatic carbocycles. The van der Waals surface area contributed by atoms with Crippen LogP contribution in [0.15, 0.2) is 29.0 Å². The second kappa shape index (κ2) is 4.32. The molecule has 5 nitrogen and oxygen atoms in total. The summed E-state index contributed by atoms with van der Waals surface area (Å²) >= 11 is 5.66. The number of carbonyl (C=O) groups is 1. The van der Waals surface area contributed by atoms with Gasteiger partial charge in [-0.2, -0.15) is 0 Å². The molecule has 82 valence electrons. The normalized spacial score (nSPS) is 10.1. The summed E-state index contributed by atoms with van der Waals surface area (Å²) in [6, 6.07) is 3.23.